The number of pyridine rings is 1. The van der Waals surface area contributed by atoms with Gasteiger partial charge in [-0.1, -0.05) is 12.5 Å². The van der Waals surface area contributed by atoms with E-state index in [0.717, 1.165) is 51.1 Å². The molecule has 3 rings (SSSR count). The molecule has 1 aliphatic carbocycles. The van der Waals surface area contributed by atoms with Crippen LogP contribution in [0.1, 0.15) is 41.9 Å². The van der Waals surface area contributed by atoms with Crippen molar-refractivity contribution in [1.29, 1.82) is 0 Å². The molecule has 0 radical (unpaired) electrons. The molecule has 1 amide bonds. The summed E-state index contributed by atoms with van der Waals surface area (Å²) in [4.78, 5) is 31.8. The first-order valence-corrected chi connectivity index (χ1v) is 8.34. The fourth-order valence-electron chi connectivity index (χ4n) is 3.18. The van der Waals surface area contributed by atoms with Crippen molar-refractivity contribution >= 4 is 11.9 Å². The van der Waals surface area contributed by atoms with Crippen LogP contribution in [0.25, 0.3) is 0 Å². The number of hydrogen-bond acceptors (Lipinski definition) is 4. The molecular weight excluding hydrogens is 294 g/mol. The molecule has 23 heavy (non-hydrogen) atoms. The van der Waals surface area contributed by atoms with Gasteiger partial charge in [0.25, 0.3) is 0 Å². The number of carbonyl (C=O) groups excluding carboxylic acids is 1. The van der Waals surface area contributed by atoms with Crippen LogP contribution in [0.15, 0.2) is 18.2 Å². The smallest absolute Gasteiger partial charge is 0.354 e. The van der Waals surface area contributed by atoms with Crippen LogP contribution in [0.2, 0.25) is 0 Å². The van der Waals surface area contributed by atoms with E-state index in [4.69, 9.17) is 5.11 Å². The summed E-state index contributed by atoms with van der Waals surface area (Å²) in [5.41, 5.74) is 0.850. The van der Waals surface area contributed by atoms with Crippen molar-refractivity contribution < 1.29 is 14.7 Å². The van der Waals surface area contributed by atoms with Crippen LogP contribution in [0, 0.1) is 5.92 Å². The van der Waals surface area contributed by atoms with Crippen molar-refractivity contribution in [2.24, 2.45) is 5.92 Å². The SMILES string of the molecule is O=C(O)c1cccc(CN2CCCN(C(=O)C3CCC3)CC2)n1. The lowest BCUT2D eigenvalue weighted by molar-refractivity contribution is -0.138. The molecule has 0 unspecified atom stereocenters. The van der Waals surface area contributed by atoms with Gasteiger partial charge < -0.3 is 10.0 Å². The second-order valence-corrected chi connectivity index (χ2v) is 6.40. The van der Waals surface area contributed by atoms with Crippen LogP contribution in [0.4, 0.5) is 0 Å². The van der Waals surface area contributed by atoms with E-state index >= 15 is 0 Å². The first-order chi connectivity index (χ1) is 11.1. The zero-order chi connectivity index (χ0) is 16.2. The average Bonchev–Trinajstić information content (AvgIpc) is 2.71. The Morgan fingerprint density at radius 3 is 2.65 bits per heavy atom. The summed E-state index contributed by atoms with van der Waals surface area (Å²) in [7, 11) is 0. The van der Waals surface area contributed by atoms with E-state index in [1.807, 2.05) is 11.0 Å². The molecule has 6 nitrogen and oxygen atoms in total. The topological polar surface area (TPSA) is 73.7 Å². The molecule has 1 saturated carbocycles. The van der Waals surface area contributed by atoms with Gasteiger partial charge in [-0.3, -0.25) is 9.69 Å². The Morgan fingerprint density at radius 2 is 1.96 bits per heavy atom. The minimum absolute atomic E-state index is 0.0825. The van der Waals surface area contributed by atoms with Gasteiger partial charge in [0.15, 0.2) is 0 Å². The predicted molar refractivity (Wildman–Crippen MR) is 85.0 cm³/mol. The molecule has 1 N–H and O–H groups in total. The average molecular weight is 317 g/mol. The molecule has 0 bridgehead atoms. The zero-order valence-corrected chi connectivity index (χ0v) is 13.3. The molecule has 0 spiro atoms. The van der Waals surface area contributed by atoms with Crippen LogP contribution < -0.4 is 0 Å². The molecule has 2 aliphatic rings. The van der Waals surface area contributed by atoms with Crippen molar-refractivity contribution in [2.45, 2.75) is 32.2 Å². The number of aromatic carboxylic acids is 1. The van der Waals surface area contributed by atoms with Crippen LogP contribution in [-0.2, 0) is 11.3 Å². The Labute approximate surface area is 136 Å². The van der Waals surface area contributed by atoms with Gasteiger partial charge in [0, 0.05) is 38.6 Å². The molecule has 1 aromatic rings. The molecule has 2 fully saturated rings. The maximum atomic E-state index is 12.3. The zero-order valence-electron chi connectivity index (χ0n) is 13.3. The molecule has 1 aromatic heterocycles. The Hall–Kier alpha value is -1.95. The second kappa shape index (κ2) is 7.08. The third kappa shape index (κ3) is 3.88. The Balaban J connectivity index is 1.56. The number of nitrogens with zero attached hydrogens (tertiary/aromatic N) is 3. The largest absolute Gasteiger partial charge is 0.477 e. The highest BCUT2D eigenvalue weighted by Crippen LogP contribution is 2.28. The highest BCUT2D eigenvalue weighted by atomic mass is 16.4. The van der Waals surface area contributed by atoms with Crippen LogP contribution in [0.3, 0.4) is 0 Å². The van der Waals surface area contributed by atoms with Gasteiger partial charge in [-0.25, -0.2) is 9.78 Å². The second-order valence-electron chi connectivity index (χ2n) is 6.40. The van der Waals surface area contributed by atoms with E-state index < -0.39 is 5.97 Å². The van der Waals surface area contributed by atoms with Crippen molar-refractivity contribution in [3.8, 4) is 0 Å². The fraction of sp³-hybridized carbons (Fsp3) is 0.588. The van der Waals surface area contributed by atoms with Crippen LogP contribution in [0.5, 0.6) is 0 Å². The third-order valence-corrected chi connectivity index (χ3v) is 4.77. The standard InChI is InChI=1S/C17H23N3O3/c21-16(13-4-1-5-13)20-9-3-8-19(10-11-20)12-14-6-2-7-15(18-14)17(22)23/h2,6-7,13H,1,3-5,8-12H2,(H,22,23). The van der Waals surface area contributed by atoms with E-state index in [9.17, 15) is 9.59 Å². The lowest BCUT2D eigenvalue weighted by Crippen LogP contribution is -2.41. The van der Waals surface area contributed by atoms with Crippen molar-refractivity contribution in [3.05, 3.63) is 29.6 Å². The molecule has 0 aromatic carbocycles. The summed E-state index contributed by atoms with van der Waals surface area (Å²) in [6.07, 6.45) is 4.23. The Bertz CT molecular complexity index is 586. The number of carboxylic acid groups (broad SMARTS) is 1. The minimum atomic E-state index is -1.00. The summed E-state index contributed by atoms with van der Waals surface area (Å²) in [6.45, 7) is 3.94. The van der Waals surface area contributed by atoms with E-state index in [1.54, 1.807) is 6.07 Å². The first-order valence-electron chi connectivity index (χ1n) is 8.34. The third-order valence-electron chi connectivity index (χ3n) is 4.77. The molecule has 124 valence electrons. The highest BCUT2D eigenvalue weighted by Gasteiger charge is 2.30. The predicted octanol–water partition coefficient (Wildman–Crippen LogP) is 1.61. The summed E-state index contributed by atoms with van der Waals surface area (Å²) in [5.74, 6) is -0.417. The number of aromatic nitrogens is 1. The van der Waals surface area contributed by atoms with E-state index in [1.165, 1.54) is 12.5 Å². The number of carboxylic acids is 1. The molecular formula is C17H23N3O3. The number of carbonyl (C=O) groups is 2. The van der Waals surface area contributed by atoms with Gasteiger partial charge in [0.05, 0.1) is 5.69 Å². The molecule has 1 aliphatic heterocycles. The van der Waals surface area contributed by atoms with Crippen molar-refractivity contribution in [1.82, 2.24) is 14.8 Å². The van der Waals surface area contributed by atoms with E-state index in [-0.39, 0.29) is 11.6 Å². The summed E-state index contributed by atoms with van der Waals surface area (Å²) >= 11 is 0. The normalized spacial score (nSPS) is 19.9. The lowest BCUT2D eigenvalue weighted by atomic mass is 9.84. The van der Waals surface area contributed by atoms with E-state index in [2.05, 4.69) is 9.88 Å². The number of amides is 1. The van der Waals surface area contributed by atoms with Gasteiger partial charge in [-0.05, 0) is 31.4 Å². The van der Waals surface area contributed by atoms with E-state index in [0.29, 0.717) is 12.5 Å². The van der Waals surface area contributed by atoms with Gasteiger partial charge in [0.2, 0.25) is 5.91 Å². The molecule has 0 atom stereocenters. The van der Waals surface area contributed by atoms with Crippen molar-refractivity contribution in [3.63, 3.8) is 0 Å². The fourth-order valence-corrected chi connectivity index (χ4v) is 3.18. The van der Waals surface area contributed by atoms with Gasteiger partial charge >= 0.3 is 5.97 Å². The van der Waals surface area contributed by atoms with Crippen LogP contribution >= 0.6 is 0 Å². The highest BCUT2D eigenvalue weighted by molar-refractivity contribution is 5.85. The Morgan fingerprint density at radius 1 is 1.13 bits per heavy atom. The van der Waals surface area contributed by atoms with Gasteiger partial charge in [-0.2, -0.15) is 0 Å². The molecule has 6 heteroatoms. The molecule has 2 heterocycles. The quantitative estimate of drug-likeness (QED) is 0.913. The monoisotopic (exact) mass is 317 g/mol. The maximum Gasteiger partial charge on any atom is 0.354 e. The Kier molecular flexibility index (Phi) is 4.91. The van der Waals surface area contributed by atoms with Gasteiger partial charge in [-0.15, -0.1) is 0 Å². The molecule has 1 saturated heterocycles. The van der Waals surface area contributed by atoms with Crippen LogP contribution in [-0.4, -0.2) is 57.9 Å². The lowest BCUT2D eigenvalue weighted by Gasteiger charge is -2.31. The summed E-state index contributed by atoms with van der Waals surface area (Å²) < 4.78 is 0. The minimum Gasteiger partial charge on any atom is -0.477 e. The summed E-state index contributed by atoms with van der Waals surface area (Å²) in [6, 6.07) is 5.10. The summed E-state index contributed by atoms with van der Waals surface area (Å²) in [5, 5.41) is 9.02. The van der Waals surface area contributed by atoms with Gasteiger partial charge in [0.1, 0.15) is 5.69 Å². The maximum absolute atomic E-state index is 12.3. The van der Waals surface area contributed by atoms with Crippen molar-refractivity contribution in [2.75, 3.05) is 26.2 Å². The number of hydrogen-bond donors (Lipinski definition) is 1. The first kappa shape index (κ1) is 15.9. The number of rotatable bonds is 4.